The number of nitrogens with one attached hydrogen (secondary N) is 1. The van der Waals surface area contributed by atoms with Crippen LogP contribution in [0, 0.1) is 0 Å². The van der Waals surface area contributed by atoms with E-state index >= 15 is 0 Å². The molecule has 0 aromatic rings. The molecule has 22 heavy (non-hydrogen) atoms. The topological polar surface area (TPSA) is 24.4 Å². The first kappa shape index (κ1) is 19.5. The summed E-state index contributed by atoms with van der Waals surface area (Å²) in [6, 6.07) is 0. The van der Waals surface area contributed by atoms with E-state index in [-0.39, 0.29) is 0 Å². The van der Waals surface area contributed by atoms with Crippen molar-refractivity contribution in [3.8, 4) is 0 Å². The Morgan fingerprint density at radius 1 is 0.682 bits per heavy atom. The van der Waals surface area contributed by atoms with Crippen LogP contribution in [0.15, 0.2) is 4.99 Å². The molecule has 0 spiro atoms. The minimum atomic E-state index is 0.994. The van der Waals surface area contributed by atoms with E-state index < -0.39 is 0 Å². The third-order valence-corrected chi connectivity index (χ3v) is 4.76. The van der Waals surface area contributed by atoms with E-state index in [1.807, 2.05) is 0 Å². The number of aliphatic imine (C=N–C) groups is 1. The Kier molecular flexibility index (Phi) is 13.6. The van der Waals surface area contributed by atoms with Gasteiger partial charge in [0.15, 0.2) is 0 Å². The smallest absolute Gasteiger partial charge is 0.0964 e. The molecule has 0 aromatic carbocycles. The van der Waals surface area contributed by atoms with E-state index in [2.05, 4.69) is 17.2 Å². The average molecular weight is 309 g/mol. The molecule has 0 unspecified atom stereocenters. The lowest BCUT2D eigenvalue weighted by Crippen LogP contribution is -2.17. The second kappa shape index (κ2) is 15.4. The Labute approximate surface area is 139 Å². The van der Waals surface area contributed by atoms with Crippen LogP contribution in [-0.2, 0) is 0 Å². The first-order valence-electron chi connectivity index (χ1n) is 10.2. The van der Waals surface area contributed by atoms with Crippen molar-refractivity contribution in [2.45, 2.75) is 110 Å². The van der Waals surface area contributed by atoms with Crippen LogP contribution < -0.4 is 5.32 Å². The first-order valence-corrected chi connectivity index (χ1v) is 10.2. The maximum absolute atomic E-state index is 4.44. The predicted molar refractivity (Wildman–Crippen MR) is 99.9 cm³/mol. The van der Waals surface area contributed by atoms with Crippen LogP contribution in [0.4, 0.5) is 0 Å². The zero-order chi connectivity index (χ0) is 15.7. The Bertz CT molecular complexity index is 260. The second-order valence-corrected chi connectivity index (χ2v) is 6.95. The van der Waals surface area contributed by atoms with Crippen LogP contribution in [0.2, 0.25) is 0 Å². The summed E-state index contributed by atoms with van der Waals surface area (Å²) in [5, 5.41) is 3.36. The Morgan fingerprint density at radius 3 is 1.55 bits per heavy atom. The minimum absolute atomic E-state index is 0.994. The fourth-order valence-electron chi connectivity index (χ4n) is 3.28. The lowest BCUT2D eigenvalue weighted by atomic mass is 10.0. The number of amidine groups is 1. The lowest BCUT2D eigenvalue weighted by Gasteiger charge is -2.04. The van der Waals surface area contributed by atoms with Crippen molar-refractivity contribution in [2.24, 2.45) is 4.99 Å². The molecule has 130 valence electrons. The molecule has 0 aliphatic carbocycles. The van der Waals surface area contributed by atoms with Gasteiger partial charge in [-0.2, -0.15) is 0 Å². The molecule has 0 amide bonds. The summed E-state index contributed by atoms with van der Waals surface area (Å²) in [6.07, 6.45) is 22.8. The summed E-state index contributed by atoms with van der Waals surface area (Å²) in [5.41, 5.74) is 0. The molecule has 1 aliphatic rings. The molecule has 0 atom stereocenters. The maximum Gasteiger partial charge on any atom is 0.0964 e. The van der Waals surface area contributed by atoms with E-state index in [0.717, 1.165) is 13.1 Å². The largest absolute Gasteiger partial charge is 0.372 e. The van der Waals surface area contributed by atoms with E-state index in [0.29, 0.717) is 0 Å². The number of rotatable bonds is 16. The number of nitrogens with zero attached hydrogens (tertiary/aromatic N) is 1. The van der Waals surface area contributed by atoms with Gasteiger partial charge in [-0.3, -0.25) is 4.99 Å². The molecule has 1 heterocycles. The summed E-state index contributed by atoms with van der Waals surface area (Å²) in [6.45, 7) is 4.35. The van der Waals surface area contributed by atoms with Gasteiger partial charge in [-0.05, 0) is 6.42 Å². The first-order chi connectivity index (χ1) is 10.9. The van der Waals surface area contributed by atoms with Crippen molar-refractivity contribution >= 4 is 5.84 Å². The maximum atomic E-state index is 4.44. The standard InChI is InChI=1S/C20H40N2/c1-2-3-4-5-6-7-8-9-10-11-12-13-14-15-16-17-20-21-18-19-22-20/h2-19H2,1H3,(H,21,22). The van der Waals surface area contributed by atoms with Crippen LogP contribution in [0.5, 0.6) is 0 Å². The molecule has 0 saturated heterocycles. The normalized spacial score (nSPS) is 14.1. The van der Waals surface area contributed by atoms with Gasteiger partial charge in [0.1, 0.15) is 0 Å². The quantitative estimate of drug-likeness (QED) is 0.335. The highest BCUT2D eigenvalue weighted by Gasteiger charge is 2.03. The van der Waals surface area contributed by atoms with Gasteiger partial charge in [0.05, 0.1) is 12.4 Å². The van der Waals surface area contributed by atoms with Gasteiger partial charge in [-0.15, -0.1) is 0 Å². The van der Waals surface area contributed by atoms with Crippen molar-refractivity contribution in [3.63, 3.8) is 0 Å². The summed E-state index contributed by atoms with van der Waals surface area (Å²) in [5.74, 6) is 1.26. The number of unbranched alkanes of at least 4 members (excludes halogenated alkanes) is 14. The van der Waals surface area contributed by atoms with Crippen LogP contribution in [0.1, 0.15) is 110 Å². The molecule has 0 radical (unpaired) electrons. The van der Waals surface area contributed by atoms with Crippen molar-refractivity contribution in [1.82, 2.24) is 5.32 Å². The van der Waals surface area contributed by atoms with E-state index in [1.54, 1.807) is 0 Å². The zero-order valence-electron chi connectivity index (χ0n) is 15.2. The molecule has 2 nitrogen and oxygen atoms in total. The monoisotopic (exact) mass is 308 g/mol. The molecule has 2 heteroatoms. The van der Waals surface area contributed by atoms with Crippen LogP contribution >= 0.6 is 0 Å². The van der Waals surface area contributed by atoms with Gasteiger partial charge in [0.25, 0.3) is 0 Å². The summed E-state index contributed by atoms with van der Waals surface area (Å²) in [4.78, 5) is 4.44. The highest BCUT2D eigenvalue weighted by molar-refractivity contribution is 5.83. The van der Waals surface area contributed by atoms with Crippen molar-refractivity contribution in [2.75, 3.05) is 13.1 Å². The minimum Gasteiger partial charge on any atom is -0.372 e. The fourth-order valence-corrected chi connectivity index (χ4v) is 3.28. The molecule has 0 saturated carbocycles. The van der Waals surface area contributed by atoms with Gasteiger partial charge < -0.3 is 5.32 Å². The Hall–Kier alpha value is -0.530. The molecular formula is C20H40N2. The average Bonchev–Trinajstić information content (AvgIpc) is 3.04. The molecule has 0 fully saturated rings. The van der Waals surface area contributed by atoms with Crippen molar-refractivity contribution < 1.29 is 0 Å². The third-order valence-electron chi connectivity index (χ3n) is 4.76. The van der Waals surface area contributed by atoms with Crippen LogP contribution in [0.3, 0.4) is 0 Å². The molecule has 1 N–H and O–H groups in total. The highest BCUT2D eigenvalue weighted by atomic mass is 15.1. The molecule has 0 aromatic heterocycles. The van der Waals surface area contributed by atoms with Crippen molar-refractivity contribution in [1.29, 1.82) is 0 Å². The number of hydrogen-bond acceptors (Lipinski definition) is 2. The van der Waals surface area contributed by atoms with Gasteiger partial charge in [-0.25, -0.2) is 0 Å². The van der Waals surface area contributed by atoms with Gasteiger partial charge in [-0.1, -0.05) is 96.8 Å². The van der Waals surface area contributed by atoms with Gasteiger partial charge in [0.2, 0.25) is 0 Å². The molecule has 1 aliphatic heterocycles. The highest BCUT2D eigenvalue weighted by Crippen LogP contribution is 2.13. The summed E-state index contributed by atoms with van der Waals surface area (Å²) >= 11 is 0. The van der Waals surface area contributed by atoms with Gasteiger partial charge >= 0.3 is 0 Å². The van der Waals surface area contributed by atoms with E-state index in [9.17, 15) is 0 Å². The Morgan fingerprint density at radius 2 is 1.14 bits per heavy atom. The summed E-state index contributed by atoms with van der Waals surface area (Å²) in [7, 11) is 0. The predicted octanol–water partition coefficient (Wildman–Crippen LogP) is 6.25. The van der Waals surface area contributed by atoms with Gasteiger partial charge in [0, 0.05) is 13.0 Å². The number of hydrogen-bond donors (Lipinski definition) is 1. The second-order valence-electron chi connectivity index (χ2n) is 6.95. The SMILES string of the molecule is CCCCCCCCCCCCCCCCCC1=NCCN1. The molecule has 1 rings (SSSR count). The summed E-state index contributed by atoms with van der Waals surface area (Å²) < 4.78 is 0. The molecule has 0 bridgehead atoms. The van der Waals surface area contributed by atoms with E-state index in [1.165, 1.54) is 109 Å². The Balaban J connectivity index is 1.66. The van der Waals surface area contributed by atoms with E-state index in [4.69, 9.17) is 0 Å². The van der Waals surface area contributed by atoms with Crippen LogP contribution in [-0.4, -0.2) is 18.9 Å². The van der Waals surface area contributed by atoms with Crippen molar-refractivity contribution in [3.05, 3.63) is 0 Å². The zero-order valence-corrected chi connectivity index (χ0v) is 15.2. The lowest BCUT2D eigenvalue weighted by molar-refractivity contribution is 0.533. The third kappa shape index (κ3) is 12.1. The molecular weight excluding hydrogens is 268 g/mol. The fraction of sp³-hybridized carbons (Fsp3) is 0.950. The van der Waals surface area contributed by atoms with Crippen LogP contribution in [0.25, 0.3) is 0 Å².